The van der Waals surface area contributed by atoms with Crippen molar-refractivity contribution in [3.63, 3.8) is 0 Å². The Morgan fingerprint density at radius 3 is 2.14 bits per heavy atom. The average molecular weight is 300 g/mol. The molecule has 0 fully saturated rings. The summed E-state index contributed by atoms with van der Waals surface area (Å²) in [5.41, 5.74) is 0.173. The summed E-state index contributed by atoms with van der Waals surface area (Å²) in [5.74, 6) is 0.443. The van der Waals surface area contributed by atoms with Crippen molar-refractivity contribution in [1.82, 2.24) is 0 Å². The van der Waals surface area contributed by atoms with Gasteiger partial charge in [0, 0.05) is 18.7 Å². The van der Waals surface area contributed by atoms with Crippen molar-refractivity contribution in [3.05, 3.63) is 17.7 Å². The van der Waals surface area contributed by atoms with E-state index < -0.39 is 5.97 Å². The summed E-state index contributed by atoms with van der Waals surface area (Å²) >= 11 is 0. The van der Waals surface area contributed by atoms with Crippen LogP contribution in [0.3, 0.4) is 0 Å². The Hall–Kier alpha value is -1.99. The second-order valence-electron chi connectivity index (χ2n) is 3.80. The molecule has 0 saturated carbocycles. The molecule has 0 unspecified atom stereocenters. The average Bonchev–Trinajstić information content (AvgIpc) is 2.52. The summed E-state index contributed by atoms with van der Waals surface area (Å²) < 4.78 is 20.5. The van der Waals surface area contributed by atoms with E-state index in [9.17, 15) is 4.79 Å². The quantitative estimate of drug-likeness (QED) is 0.391. The summed E-state index contributed by atoms with van der Waals surface area (Å²) in [4.78, 5) is 21.4. The number of hydrogen-bond acceptors (Lipinski definition) is 7. The fraction of sp³-hybridized carbons (Fsp3) is 0.500. The van der Waals surface area contributed by atoms with Crippen molar-refractivity contribution < 1.29 is 33.5 Å². The van der Waals surface area contributed by atoms with Gasteiger partial charge in [-0.15, -0.1) is 0 Å². The number of carbonyl (C=O) groups excluding carboxylic acids is 1. The van der Waals surface area contributed by atoms with E-state index >= 15 is 0 Å². The van der Waals surface area contributed by atoms with Crippen LogP contribution in [0.25, 0.3) is 0 Å². The van der Waals surface area contributed by atoms with Crippen LogP contribution >= 0.6 is 0 Å². The molecule has 0 aliphatic rings. The smallest absolute Gasteiger partial charge is 0.376 e. The number of benzene rings is 1. The van der Waals surface area contributed by atoms with Gasteiger partial charge >= 0.3 is 5.97 Å². The van der Waals surface area contributed by atoms with Crippen LogP contribution in [0.5, 0.6) is 17.2 Å². The molecule has 0 amide bonds. The molecule has 0 aliphatic carbocycles. The van der Waals surface area contributed by atoms with Gasteiger partial charge in [-0.3, -0.25) is 4.89 Å². The molecule has 21 heavy (non-hydrogen) atoms. The maximum absolute atomic E-state index is 12.0. The number of methoxy groups -OCH3 is 3. The maximum atomic E-state index is 12.0. The molecule has 0 aromatic heterocycles. The zero-order valence-corrected chi connectivity index (χ0v) is 12.6. The summed E-state index contributed by atoms with van der Waals surface area (Å²) in [7, 11) is 4.40. The minimum atomic E-state index is -0.690. The van der Waals surface area contributed by atoms with E-state index in [2.05, 4.69) is 0 Å². The molecule has 0 heterocycles. The molecule has 118 valence electrons. The minimum absolute atomic E-state index is 0.148. The number of carbonyl (C=O) groups is 1. The van der Waals surface area contributed by atoms with Gasteiger partial charge in [-0.25, -0.2) is 4.79 Å². The molecule has 0 radical (unpaired) electrons. The van der Waals surface area contributed by atoms with Gasteiger partial charge in [0.05, 0.1) is 27.9 Å². The third-order valence-corrected chi connectivity index (χ3v) is 2.58. The Kier molecular flexibility index (Phi) is 7.34. The van der Waals surface area contributed by atoms with Crippen molar-refractivity contribution in [2.24, 2.45) is 0 Å². The Bertz CT molecular complexity index is 459. The summed E-state index contributed by atoms with van der Waals surface area (Å²) in [5, 5.41) is 0. The predicted octanol–water partition coefficient (Wildman–Crippen LogP) is 1.84. The monoisotopic (exact) mass is 300 g/mol. The van der Waals surface area contributed by atoms with E-state index in [0.29, 0.717) is 30.5 Å². The molecule has 0 spiro atoms. The van der Waals surface area contributed by atoms with Crippen LogP contribution in [-0.4, -0.2) is 47.1 Å². The van der Waals surface area contributed by atoms with E-state index in [0.717, 1.165) is 0 Å². The van der Waals surface area contributed by atoms with Gasteiger partial charge in [0.25, 0.3) is 0 Å². The van der Waals surface area contributed by atoms with Crippen molar-refractivity contribution in [2.45, 2.75) is 6.92 Å². The fourth-order valence-corrected chi connectivity index (χ4v) is 1.57. The van der Waals surface area contributed by atoms with E-state index in [4.69, 9.17) is 28.7 Å². The molecule has 1 rings (SSSR count). The third kappa shape index (κ3) is 4.80. The zero-order chi connectivity index (χ0) is 15.7. The number of ether oxygens (including phenoxy) is 4. The first kappa shape index (κ1) is 17.1. The summed E-state index contributed by atoms with van der Waals surface area (Å²) in [6, 6.07) is 3.00. The molecular weight excluding hydrogens is 280 g/mol. The van der Waals surface area contributed by atoms with Crippen LogP contribution in [-0.2, 0) is 14.5 Å². The van der Waals surface area contributed by atoms with Crippen molar-refractivity contribution in [1.29, 1.82) is 0 Å². The molecule has 0 N–H and O–H groups in total. The van der Waals surface area contributed by atoms with Crippen molar-refractivity contribution in [3.8, 4) is 17.2 Å². The molecule has 1 aromatic rings. The van der Waals surface area contributed by atoms with Gasteiger partial charge < -0.3 is 18.9 Å². The minimum Gasteiger partial charge on any atom is -0.496 e. The Morgan fingerprint density at radius 2 is 1.57 bits per heavy atom. The Balaban J connectivity index is 2.77. The lowest BCUT2D eigenvalue weighted by molar-refractivity contribution is -0.247. The molecule has 0 atom stereocenters. The highest BCUT2D eigenvalue weighted by atomic mass is 17.2. The van der Waals surface area contributed by atoms with Crippen LogP contribution in [0, 0.1) is 0 Å². The van der Waals surface area contributed by atoms with Crippen molar-refractivity contribution in [2.75, 3.05) is 41.2 Å². The van der Waals surface area contributed by atoms with Gasteiger partial charge in [-0.05, 0) is 6.92 Å². The highest BCUT2D eigenvalue weighted by Crippen LogP contribution is 2.34. The molecule has 7 heteroatoms. The number of rotatable bonds is 9. The first-order valence-corrected chi connectivity index (χ1v) is 6.39. The molecule has 0 aliphatic heterocycles. The summed E-state index contributed by atoms with van der Waals surface area (Å²) in [6.45, 7) is 2.92. The van der Waals surface area contributed by atoms with Crippen LogP contribution in [0.2, 0.25) is 0 Å². The van der Waals surface area contributed by atoms with E-state index in [1.807, 2.05) is 6.92 Å². The lowest BCUT2D eigenvalue weighted by Gasteiger charge is -2.13. The van der Waals surface area contributed by atoms with E-state index in [1.54, 1.807) is 0 Å². The van der Waals surface area contributed by atoms with Gasteiger partial charge in [-0.2, -0.15) is 4.89 Å². The second kappa shape index (κ2) is 9.04. The highest BCUT2D eigenvalue weighted by molar-refractivity contribution is 5.93. The molecule has 1 aromatic carbocycles. The Morgan fingerprint density at radius 1 is 0.952 bits per heavy atom. The van der Waals surface area contributed by atoms with Crippen LogP contribution in [0.15, 0.2) is 12.1 Å². The first-order chi connectivity index (χ1) is 10.2. The van der Waals surface area contributed by atoms with Gasteiger partial charge in [0.1, 0.15) is 17.9 Å². The standard InChI is InChI=1S/C14H20O7/c1-5-19-6-7-20-21-14(15)10-8-12(17-3)13(18-4)9-11(10)16-2/h8-9H,5-7H2,1-4H3. The highest BCUT2D eigenvalue weighted by Gasteiger charge is 2.19. The van der Waals surface area contributed by atoms with Crippen LogP contribution in [0.4, 0.5) is 0 Å². The molecule has 0 bridgehead atoms. The maximum Gasteiger partial charge on any atom is 0.376 e. The lowest BCUT2D eigenvalue weighted by Crippen LogP contribution is -2.11. The molecular formula is C14H20O7. The molecule has 0 saturated heterocycles. The normalized spacial score (nSPS) is 10.1. The van der Waals surface area contributed by atoms with E-state index in [-0.39, 0.29) is 12.2 Å². The van der Waals surface area contributed by atoms with Crippen LogP contribution in [0.1, 0.15) is 17.3 Å². The topological polar surface area (TPSA) is 72.5 Å². The SMILES string of the molecule is CCOCCOOC(=O)c1cc(OC)c(OC)cc1OC. The lowest BCUT2D eigenvalue weighted by atomic mass is 10.1. The molecule has 7 nitrogen and oxygen atoms in total. The number of hydrogen-bond donors (Lipinski definition) is 0. The summed E-state index contributed by atoms with van der Waals surface area (Å²) in [6.07, 6.45) is 0. The van der Waals surface area contributed by atoms with Crippen molar-refractivity contribution >= 4 is 5.97 Å². The second-order valence-corrected chi connectivity index (χ2v) is 3.80. The fourth-order valence-electron chi connectivity index (χ4n) is 1.57. The van der Waals surface area contributed by atoms with E-state index in [1.165, 1.54) is 33.5 Å². The Labute approximate surface area is 123 Å². The largest absolute Gasteiger partial charge is 0.496 e. The van der Waals surface area contributed by atoms with Gasteiger partial charge in [0.2, 0.25) is 0 Å². The first-order valence-electron chi connectivity index (χ1n) is 6.39. The predicted molar refractivity (Wildman–Crippen MR) is 74.0 cm³/mol. The van der Waals surface area contributed by atoms with Crippen LogP contribution < -0.4 is 14.2 Å². The van der Waals surface area contributed by atoms with Gasteiger partial charge in [-0.1, -0.05) is 0 Å². The zero-order valence-electron chi connectivity index (χ0n) is 12.6. The third-order valence-electron chi connectivity index (χ3n) is 2.58. The van der Waals surface area contributed by atoms with Gasteiger partial charge in [0.15, 0.2) is 11.5 Å².